The van der Waals surface area contributed by atoms with Gasteiger partial charge >= 0.3 is 0 Å². The van der Waals surface area contributed by atoms with Crippen LogP contribution in [0.4, 0.5) is 0 Å². The minimum atomic E-state index is 0.319. The summed E-state index contributed by atoms with van der Waals surface area (Å²) in [4.78, 5) is 2.17. The van der Waals surface area contributed by atoms with Crippen molar-refractivity contribution in [1.82, 2.24) is 4.90 Å². The smallest absolute Gasteiger partial charge is 0.0848 e. The molecule has 0 amide bonds. The van der Waals surface area contributed by atoms with E-state index >= 15 is 0 Å². The Kier molecular flexibility index (Phi) is 1.55. The van der Waals surface area contributed by atoms with Crippen LogP contribution in [0.5, 0.6) is 0 Å². The molecule has 0 aromatic rings. The van der Waals surface area contributed by atoms with Crippen molar-refractivity contribution in [2.45, 2.75) is 18.3 Å². The van der Waals surface area contributed by atoms with Gasteiger partial charge in [0.05, 0.1) is 5.50 Å². The molecule has 0 unspecified atom stereocenters. The summed E-state index contributed by atoms with van der Waals surface area (Å²) in [7, 11) is 2.06. The maximum Gasteiger partial charge on any atom is 0.0848 e. The van der Waals surface area contributed by atoms with Crippen molar-refractivity contribution >= 4 is 11.6 Å². The first-order valence-corrected chi connectivity index (χ1v) is 3.08. The molecule has 0 radical (unpaired) electrons. The quantitative estimate of drug-likeness (QED) is 0.343. The summed E-state index contributed by atoms with van der Waals surface area (Å²) in [6.07, 6.45) is 2.43. The van der Waals surface area contributed by atoms with E-state index in [9.17, 15) is 0 Å². The van der Waals surface area contributed by atoms with E-state index < -0.39 is 0 Å². The number of rotatable bonds is 0. The van der Waals surface area contributed by atoms with Crippen molar-refractivity contribution in [1.29, 1.82) is 0 Å². The lowest BCUT2D eigenvalue weighted by Crippen LogP contribution is -2.18. The number of halogens is 1. The Hall–Kier alpha value is 0.250. The molecule has 1 rings (SSSR count). The van der Waals surface area contributed by atoms with Crippen molar-refractivity contribution in [2.24, 2.45) is 0 Å². The normalized spacial score (nSPS) is 34.3. The summed E-state index contributed by atoms with van der Waals surface area (Å²) in [5, 5.41) is 0. The number of likely N-dealkylation sites (tertiary alicyclic amines) is 1. The molecule has 0 aromatic heterocycles. The predicted octanol–water partition coefficient (Wildman–Crippen LogP) is 1.28. The van der Waals surface area contributed by atoms with Gasteiger partial charge in [-0.2, -0.15) is 0 Å². The summed E-state index contributed by atoms with van der Waals surface area (Å²) >= 11 is 5.79. The third-order valence-electron chi connectivity index (χ3n) is 1.43. The Balaban J connectivity index is 2.33. The van der Waals surface area contributed by atoms with E-state index in [2.05, 4.69) is 11.9 Å². The molecule has 0 aliphatic carbocycles. The van der Waals surface area contributed by atoms with Crippen molar-refractivity contribution in [2.75, 3.05) is 13.6 Å². The van der Waals surface area contributed by atoms with E-state index in [4.69, 9.17) is 11.6 Å². The molecule has 1 aliphatic rings. The number of alkyl halides is 1. The highest BCUT2D eigenvalue weighted by Crippen LogP contribution is 2.16. The summed E-state index contributed by atoms with van der Waals surface area (Å²) in [5.41, 5.74) is 0.319. The largest absolute Gasteiger partial charge is 0.291 e. The number of hydrogen-bond acceptors (Lipinski definition) is 1. The second-order valence-corrected chi connectivity index (χ2v) is 2.56. The van der Waals surface area contributed by atoms with Crippen LogP contribution in [-0.2, 0) is 0 Å². The van der Waals surface area contributed by atoms with Gasteiger partial charge in [0.2, 0.25) is 0 Å². The molecular weight excluding hydrogens is 110 g/mol. The first-order valence-electron chi connectivity index (χ1n) is 2.65. The highest BCUT2D eigenvalue weighted by Gasteiger charge is 2.16. The fourth-order valence-corrected chi connectivity index (χ4v) is 1.12. The molecular formula is C5H10ClN. The van der Waals surface area contributed by atoms with Crippen molar-refractivity contribution in [3.8, 4) is 0 Å². The van der Waals surface area contributed by atoms with E-state index in [1.54, 1.807) is 0 Å². The monoisotopic (exact) mass is 119 g/mol. The zero-order chi connectivity index (χ0) is 5.28. The Morgan fingerprint density at radius 2 is 2.43 bits per heavy atom. The van der Waals surface area contributed by atoms with Crippen LogP contribution >= 0.6 is 11.6 Å². The minimum absolute atomic E-state index is 0.319. The fourth-order valence-electron chi connectivity index (χ4n) is 0.870. The Labute approximate surface area is 49.3 Å². The van der Waals surface area contributed by atoms with E-state index in [-0.39, 0.29) is 0 Å². The third kappa shape index (κ3) is 1.07. The zero-order valence-electron chi connectivity index (χ0n) is 4.52. The zero-order valence-corrected chi connectivity index (χ0v) is 5.28. The molecule has 1 fully saturated rings. The molecule has 0 spiro atoms. The lowest BCUT2D eigenvalue weighted by atomic mass is 10.4. The van der Waals surface area contributed by atoms with Crippen molar-refractivity contribution < 1.29 is 0 Å². The Morgan fingerprint density at radius 3 is 2.57 bits per heavy atom. The molecule has 2 heteroatoms. The van der Waals surface area contributed by atoms with Gasteiger partial charge in [-0.3, -0.25) is 4.90 Å². The summed E-state index contributed by atoms with van der Waals surface area (Å²) in [5.74, 6) is 0. The van der Waals surface area contributed by atoms with Crippen LogP contribution in [0.15, 0.2) is 0 Å². The highest BCUT2D eigenvalue weighted by atomic mass is 35.5. The highest BCUT2D eigenvalue weighted by molar-refractivity contribution is 6.20. The van der Waals surface area contributed by atoms with Crippen LogP contribution in [0.2, 0.25) is 0 Å². The standard InChI is InChI=1S/C5H10ClN/c1-7-4-2-3-5(7)6/h5H,2-4H2,1H3/t5-/m1/s1. The average Bonchev–Trinajstić information content (AvgIpc) is 1.91. The topological polar surface area (TPSA) is 3.24 Å². The van der Waals surface area contributed by atoms with Gasteiger partial charge in [-0.15, -0.1) is 11.6 Å². The van der Waals surface area contributed by atoms with Gasteiger partial charge in [-0.05, 0) is 26.4 Å². The molecule has 0 saturated carbocycles. The first-order chi connectivity index (χ1) is 3.30. The molecule has 0 N–H and O–H groups in total. The van der Waals surface area contributed by atoms with Gasteiger partial charge < -0.3 is 0 Å². The SMILES string of the molecule is CN1CCC[C@@H]1Cl. The van der Waals surface area contributed by atoms with E-state index in [0.29, 0.717) is 5.50 Å². The molecule has 1 atom stereocenters. The lowest BCUT2D eigenvalue weighted by molar-refractivity contribution is 0.385. The van der Waals surface area contributed by atoms with Crippen molar-refractivity contribution in [3.05, 3.63) is 0 Å². The average molecular weight is 120 g/mol. The van der Waals surface area contributed by atoms with Crippen LogP contribution in [0.3, 0.4) is 0 Å². The van der Waals surface area contributed by atoms with Gasteiger partial charge in [0.25, 0.3) is 0 Å². The van der Waals surface area contributed by atoms with Crippen LogP contribution < -0.4 is 0 Å². The van der Waals surface area contributed by atoms with Gasteiger partial charge in [0.15, 0.2) is 0 Å². The van der Waals surface area contributed by atoms with Gasteiger partial charge in [0.1, 0.15) is 0 Å². The van der Waals surface area contributed by atoms with E-state index in [0.717, 1.165) is 6.42 Å². The maximum absolute atomic E-state index is 5.79. The maximum atomic E-state index is 5.79. The van der Waals surface area contributed by atoms with Gasteiger partial charge in [0, 0.05) is 0 Å². The van der Waals surface area contributed by atoms with Crippen LogP contribution in [0.1, 0.15) is 12.8 Å². The lowest BCUT2D eigenvalue weighted by Gasteiger charge is -2.09. The van der Waals surface area contributed by atoms with Crippen LogP contribution in [0, 0.1) is 0 Å². The van der Waals surface area contributed by atoms with Crippen molar-refractivity contribution in [3.63, 3.8) is 0 Å². The van der Waals surface area contributed by atoms with Gasteiger partial charge in [-0.1, -0.05) is 0 Å². The van der Waals surface area contributed by atoms with Crippen LogP contribution in [-0.4, -0.2) is 24.0 Å². The van der Waals surface area contributed by atoms with Crippen LogP contribution in [0.25, 0.3) is 0 Å². The van der Waals surface area contributed by atoms with E-state index in [1.165, 1.54) is 13.0 Å². The van der Waals surface area contributed by atoms with Gasteiger partial charge in [-0.25, -0.2) is 0 Å². The third-order valence-corrected chi connectivity index (χ3v) is 1.98. The molecule has 42 valence electrons. The minimum Gasteiger partial charge on any atom is -0.291 e. The molecule has 1 nitrogen and oxygen atoms in total. The molecule has 1 saturated heterocycles. The predicted molar refractivity (Wildman–Crippen MR) is 31.5 cm³/mol. The van der Waals surface area contributed by atoms with E-state index in [1.807, 2.05) is 0 Å². The molecule has 0 bridgehead atoms. The second-order valence-electron chi connectivity index (χ2n) is 2.06. The molecule has 7 heavy (non-hydrogen) atoms. The molecule has 1 aliphatic heterocycles. The first kappa shape index (κ1) is 5.39. The number of nitrogens with zero attached hydrogens (tertiary/aromatic N) is 1. The second kappa shape index (κ2) is 2.01. The Morgan fingerprint density at radius 1 is 1.71 bits per heavy atom. The Bertz CT molecular complexity index is 57.1. The fraction of sp³-hybridized carbons (Fsp3) is 1.00. The summed E-state index contributed by atoms with van der Waals surface area (Å²) < 4.78 is 0. The summed E-state index contributed by atoms with van der Waals surface area (Å²) in [6, 6.07) is 0. The molecule has 1 heterocycles. The number of hydrogen-bond donors (Lipinski definition) is 0. The molecule has 0 aromatic carbocycles. The summed E-state index contributed by atoms with van der Waals surface area (Å²) in [6.45, 7) is 1.17.